The van der Waals surface area contributed by atoms with Gasteiger partial charge < -0.3 is 9.84 Å². The highest BCUT2D eigenvalue weighted by Gasteiger charge is 2.29. The lowest BCUT2D eigenvalue weighted by Crippen LogP contribution is -2.26. The predicted molar refractivity (Wildman–Crippen MR) is 56.6 cm³/mol. The first-order valence-electron chi connectivity index (χ1n) is 5.20. The van der Waals surface area contributed by atoms with E-state index in [0.29, 0.717) is 5.75 Å². The second-order valence-electron chi connectivity index (χ2n) is 3.91. The van der Waals surface area contributed by atoms with Crippen LogP contribution in [0, 0.1) is 0 Å². The van der Waals surface area contributed by atoms with Gasteiger partial charge in [0.25, 0.3) is 0 Å². The minimum absolute atomic E-state index is 0.0231. The van der Waals surface area contributed by atoms with Crippen molar-refractivity contribution in [3.8, 4) is 5.75 Å². The minimum atomic E-state index is -1.00. The lowest BCUT2D eigenvalue weighted by atomic mass is 10.3. The number of carbonyl (C=O) groups is 1. The largest absolute Gasteiger partial charge is 0.493 e. The van der Waals surface area contributed by atoms with E-state index >= 15 is 0 Å². The Morgan fingerprint density at radius 1 is 1.69 bits per heavy atom. The summed E-state index contributed by atoms with van der Waals surface area (Å²) in [6, 6.07) is 0. The Morgan fingerprint density at radius 3 is 2.94 bits per heavy atom. The Morgan fingerprint density at radius 2 is 2.44 bits per heavy atom. The number of likely N-dealkylation sites (tertiary alicyclic amines) is 1. The van der Waals surface area contributed by atoms with Gasteiger partial charge in [-0.1, -0.05) is 0 Å². The van der Waals surface area contributed by atoms with Gasteiger partial charge in [0.2, 0.25) is 0 Å². The fourth-order valence-electron chi connectivity index (χ4n) is 2.13. The Hall–Kier alpha value is -1.56. The summed E-state index contributed by atoms with van der Waals surface area (Å²) < 4.78 is 6.54. The van der Waals surface area contributed by atoms with Crippen molar-refractivity contribution in [2.75, 3.05) is 20.7 Å². The Bertz CT molecular complexity index is 402. The van der Waals surface area contributed by atoms with Gasteiger partial charge in [-0.05, 0) is 26.4 Å². The van der Waals surface area contributed by atoms with Gasteiger partial charge in [0, 0.05) is 0 Å². The van der Waals surface area contributed by atoms with Gasteiger partial charge in [-0.25, -0.2) is 9.48 Å². The van der Waals surface area contributed by atoms with Crippen LogP contribution in [0.5, 0.6) is 5.75 Å². The van der Waals surface area contributed by atoms with Crippen LogP contribution in [-0.2, 0) is 0 Å². The van der Waals surface area contributed by atoms with E-state index in [4.69, 9.17) is 9.84 Å². The molecule has 1 unspecified atom stereocenters. The molecule has 0 saturated carbocycles. The molecule has 2 heterocycles. The zero-order valence-electron chi connectivity index (χ0n) is 9.38. The van der Waals surface area contributed by atoms with Crippen LogP contribution in [0.2, 0.25) is 0 Å². The molecule has 0 spiro atoms. The van der Waals surface area contributed by atoms with E-state index in [0.717, 1.165) is 19.4 Å². The zero-order chi connectivity index (χ0) is 11.7. The van der Waals surface area contributed by atoms with Crippen molar-refractivity contribution in [1.29, 1.82) is 0 Å². The normalized spacial score (nSPS) is 21.2. The van der Waals surface area contributed by atoms with Crippen LogP contribution in [0.3, 0.4) is 0 Å². The standard InChI is InChI=1S/C10H15N3O3/c1-12-5-3-4-8(12)13-9(10(14)15)7(16-2)6-11-13/h6,8H,3-5H2,1-2H3,(H,14,15). The van der Waals surface area contributed by atoms with E-state index in [1.54, 1.807) is 0 Å². The number of hydrogen-bond acceptors (Lipinski definition) is 4. The fourth-order valence-corrected chi connectivity index (χ4v) is 2.13. The number of ether oxygens (including phenoxy) is 1. The molecule has 1 aromatic rings. The summed E-state index contributed by atoms with van der Waals surface area (Å²) in [6.07, 6.45) is 3.45. The van der Waals surface area contributed by atoms with Crippen LogP contribution in [0.25, 0.3) is 0 Å². The molecule has 0 radical (unpaired) electrons. The molecule has 0 amide bonds. The molecular weight excluding hydrogens is 210 g/mol. The number of carboxylic acid groups (broad SMARTS) is 1. The fraction of sp³-hybridized carbons (Fsp3) is 0.600. The van der Waals surface area contributed by atoms with Crippen LogP contribution in [-0.4, -0.2) is 46.5 Å². The Kier molecular flexibility index (Phi) is 2.82. The Balaban J connectivity index is 2.40. The van der Waals surface area contributed by atoms with Gasteiger partial charge in [-0.3, -0.25) is 4.90 Å². The molecule has 1 N–H and O–H groups in total. The van der Waals surface area contributed by atoms with Gasteiger partial charge in [0.15, 0.2) is 11.4 Å². The lowest BCUT2D eigenvalue weighted by molar-refractivity contribution is 0.0667. The first kappa shape index (κ1) is 10.9. The second kappa shape index (κ2) is 4.13. The maximum Gasteiger partial charge on any atom is 0.358 e. The molecule has 0 aliphatic carbocycles. The van der Waals surface area contributed by atoms with Crippen molar-refractivity contribution < 1.29 is 14.6 Å². The van der Waals surface area contributed by atoms with Crippen LogP contribution in [0.15, 0.2) is 6.20 Å². The topological polar surface area (TPSA) is 67.6 Å². The van der Waals surface area contributed by atoms with E-state index in [9.17, 15) is 4.79 Å². The number of carboxylic acids is 1. The molecule has 16 heavy (non-hydrogen) atoms. The van der Waals surface area contributed by atoms with Crippen molar-refractivity contribution >= 4 is 5.97 Å². The van der Waals surface area contributed by atoms with E-state index in [1.165, 1.54) is 18.0 Å². The maximum absolute atomic E-state index is 11.2. The predicted octanol–water partition coefficient (Wildman–Crippen LogP) is 0.814. The minimum Gasteiger partial charge on any atom is -0.493 e. The molecule has 1 fully saturated rings. The van der Waals surface area contributed by atoms with Crippen LogP contribution in [0.4, 0.5) is 0 Å². The van der Waals surface area contributed by atoms with Crippen molar-refractivity contribution in [2.45, 2.75) is 19.0 Å². The van der Waals surface area contributed by atoms with Crippen molar-refractivity contribution in [1.82, 2.24) is 14.7 Å². The van der Waals surface area contributed by atoms with E-state index in [-0.39, 0.29) is 11.9 Å². The van der Waals surface area contributed by atoms with Crippen LogP contribution < -0.4 is 4.74 Å². The summed E-state index contributed by atoms with van der Waals surface area (Å²) >= 11 is 0. The number of nitrogens with zero attached hydrogens (tertiary/aromatic N) is 3. The average molecular weight is 225 g/mol. The first-order valence-corrected chi connectivity index (χ1v) is 5.20. The monoisotopic (exact) mass is 225 g/mol. The molecular formula is C10H15N3O3. The summed E-state index contributed by atoms with van der Waals surface area (Å²) in [4.78, 5) is 13.3. The number of methoxy groups -OCH3 is 1. The molecule has 1 aliphatic heterocycles. The van der Waals surface area contributed by atoms with Gasteiger partial charge in [-0.2, -0.15) is 5.10 Å². The maximum atomic E-state index is 11.2. The van der Waals surface area contributed by atoms with Crippen LogP contribution >= 0.6 is 0 Å². The van der Waals surface area contributed by atoms with Crippen molar-refractivity contribution in [3.05, 3.63) is 11.9 Å². The molecule has 0 bridgehead atoms. The summed E-state index contributed by atoms with van der Waals surface area (Å²) in [5.74, 6) is -0.692. The molecule has 88 valence electrons. The smallest absolute Gasteiger partial charge is 0.358 e. The lowest BCUT2D eigenvalue weighted by Gasteiger charge is -2.20. The van der Waals surface area contributed by atoms with Gasteiger partial charge in [0.05, 0.1) is 13.3 Å². The van der Waals surface area contributed by atoms with Crippen LogP contribution in [0.1, 0.15) is 29.5 Å². The number of hydrogen-bond donors (Lipinski definition) is 1. The van der Waals surface area contributed by atoms with Gasteiger partial charge in [-0.15, -0.1) is 0 Å². The molecule has 6 nitrogen and oxygen atoms in total. The van der Waals surface area contributed by atoms with E-state index < -0.39 is 5.97 Å². The first-order chi connectivity index (χ1) is 7.65. The third-order valence-electron chi connectivity index (χ3n) is 2.95. The molecule has 1 aromatic heterocycles. The zero-order valence-corrected chi connectivity index (χ0v) is 9.38. The molecule has 0 aromatic carbocycles. The van der Waals surface area contributed by atoms with E-state index in [2.05, 4.69) is 10.00 Å². The third kappa shape index (κ3) is 1.65. The summed E-state index contributed by atoms with van der Waals surface area (Å²) in [7, 11) is 3.42. The summed E-state index contributed by atoms with van der Waals surface area (Å²) in [5.41, 5.74) is 0.126. The van der Waals surface area contributed by atoms with E-state index in [1.807, 2.05) is 7.05 Å². The van der Waals surface area contributed by atoms with Gasteiger partial charge >= 0.3 is 5.97 Å². The highest BCUT2D eigenvalue weighted by molar-refractivity contribution is 5.88. The number of aromatic nitrogens is 2. The molecule has 6 heteroatoms. The van der Waals surface area contributed by atoms with Gasteiger partial charge in [0.1, 0.15) is 6.17 Å². The Labute approximate surface area is 93.4 Å². The molecule has 1 saturated heterocycles. The second-order valence-corrected chi connectivity index (χ2v) is 3.91. The van der Waals surface area contributed by atoms with Crippen molar-refractivity contribution in [2.24, 2.45) is 0 Å². The number of aromatic carboxylic acids is 1. The van der Waals surface area contributed by atoms with Crippen molar-refractivity contribution in [3.63, 3.8) is 0 Å². The third-order valence-corrected chi connectivity index (χ3v) is 2.95. The SMILES string of the molecule is COc1cnn(C2CCCN2C)c1C(=O)O. The highest BCUT2D eigenvalue weighted by Crippen LogP contribution is 2.29. The summed E-state index contributed by atoms with van der Waals surface area (Å²) in [6.45, 7) is 0.964. The molecule has 2 rings (SSSR count). The number of rotatable bonds is 3. The molecule has 1 atom stereocenters. The molecule has 1 aliphatic rings. The highest BCUT2D eigenvalue weighted by atomic mass is 16.5. The summed E-state index contributed by atoms with van der Waals surface area (Å²) in [5, 5.41) is 13.3. The average Bonchev–Trinajstić information content (AvgIpc) is 2.82. The quantitative estimate of drug-likeness (QED) is 0.824.